The number of nitrogens with one attached hydrogen (secondary N) is 2. The van der Waals surface area contributed by atoms with Gasteiger partial charge < -0.3 is 10.6 Å². The van der Waals surface area contributed by atoms with Crippen LogP contribution in [0.2, 0.25) is 0 Å². The molecule has 17 heteroatoms. The van der Waals surface area contributed by atoms with Crippen molar-refractivity contribution in [1.82, 2.24) is 29.7 Å². The molecule has 2 atom stereocenters. The van der Waals surface area contributed by atoms with Crippen LogP contribution in [0.5, 0.6) is 0 Å². The fourth-order valence-corrected chi connectivity index (χ4v) is 7.31. The van der Waals surface area contributed by atoms with Gasteiger partial charge in [0, 0.05) is 23.7 Å². The van der Waals surface area contributed by atoms with Crippen LogP contribution in [0.1, 0.15) is 54.0 Å². The number of rotatable bonds is 7. The second-order valence-electron chi connectivity index (χ2n) is 11.5. The minimum Gasteiger partial charge on any atom is -0.362 e. The standard InChI is InChI=1S/C19H16F3N5S.C16H11F3N4S/c1-11(13-5-3-4-6-14(13)19(20,21)22)26-18-17-15(23-10-24-18)7-16(28-17)12-8-25-27(2)9-12;1-9(10-4-2-3-5-11(10)16(17,18)19)21-15-14-12(6-7-24-14)22-13(8-20)23-15/h3-11H,1-2H3,(H,23,24,26);2-7,9H,1H3,(H,21,22,23). The first-order chi connectivity index (χ1) is 24.7. The summed E-state index contributed by atoms with van der Waals surface area (Å²) in [7, 11) is 1.84. The zero-order valence-corrected chi connectivity index (χ0v) is 29.1. The van der Waals surface area contributed by atoms with Crippen LogP contribution in [0.15, 0.2) is 84.8 Å². The fraction of sp³-hybridized carbons (Fsp3) is 0.200. The molecule has 0 saturated carbocycles. The monoisotopic (exact) mass is 751 g/mol. The second-order valence-corrected chi connectivity index (χ2v) is 13.5. The number of aromatic nitrogens is 6. The maximum absolute atomic E-state index is 13.3. The summed E-state index contributed by atoms with van der Waals surface area (Å²) >= 11 is 2.84. The number of anilines is 2. The molecule has 5 aromatic heterocycles. The van der Waals surface area contributed by atoms with Gasteiger partial charge in [-0.3, -0.25) is 4.68 Å². The Morgan fingerprint density at radius 1 is 0.788 bits per heavy atom. The third-order valence-corrected chi connectivity index (χ3v) is 9.97. The van der Waals surface area contributed by atoms with Crippen molar-refractivity contribution in [3.05, 3.63) is 113 Å². The molecular formula is C35H27F6N9S2. The van der Waals surface area contributed by atoms with E-state index in [1.807, 2.05) is 25.4 Å². The predicted molar refractivity (Wildman–Crippen MR) is 189 cm³/mol. The molecule has 9 nitrogen and oxygen atoms in total. The van der Waals surface area contributed by atoms with Crippen molar-refractivity contribution in [3.8, 4) is 16.5 Å². The molecule has 7 rings (SSSR count). The summed E-state index contributed by atoms with van der Waals surface area (Å²) in [5.74, 6) is 0.838. The summed E-state index contributed by atoms with van der Waals surface area (Å²) in [6.45, 7) is 3.31. The number of benzene rings is 2. The average molecular weight is 752 g/mol. The van der Waals surface area contributed by atoms with Gasteiger partial charge in [0.1, 0.15) is 24.0 Å². The van der Waals surface area contributed by atoms with Gasteiger partial charge in [-0.15, -0.1) is 22.7 Å². The van der Waals surface area contributed by atoms with Crippen molar-refractivity contribution in [1.29, 1.82) is 5.26 Å². The van der Waals surface area contributed by atoms with Crippen molar-refractivity contribution in [2.75, 3.05) is 10.6 Å². The number of nitriles is 1. The van der Waals surface area contributed by atoms with Gasteiger partial charge in [-0.25, -0.2) is 19.9 Å². The van der Waals surface area contributed by atoms with Crippen molar-refractivity contribution in [2.24, 2.45) is 7.05 Å². The van der Waals surface area contributed by atoms with Crippen LogP contribution in [-0.4, -0.2) is 29.7 Å². The van der Waals surface area contributed by atoms with Crippen LogP contribution in [0, 0.1) is 11.3 Å². The molecule has 2 unspecified atom stereocenters. The van der Waals surface area contributed by atoms with Crippen LogP contribution >= 0.6 is 22.7 Å². The van der Waals surface area contributed by atoms with E-state index in [9.17, 15) is 26.3 Å². The van der Waals surface area contributed by atoms with E-state index in [1.165, 1.54) is 53.3 Å². The Hall–Kier alpha value is -5.60. The normalized spacial score (nSPS) is 12.9. The maximum Gasteiger partial charge on any atom is 0.416 e. The minimum absolute atomic E-state index is 0.0280. The minimum atomic E-state index is -4.44. The quantitative estimate of drug-likeness (QED) is 0.155. The molecule has 2 N–H and O–H groups in total. The lowest BCUT2D eigenvalue weighted by Gasteiger charge is -2.20. The van der Waals surface area contributed by atoms with Gasteiger partial charge in [0.2, 0.25) is 5.82 Å². The molecular weight excluding hydrogens is 725 g/mol. The topological polar surface area (TPSA) is 117 Å². The van der Waals surface area contributed by atoms with Gasteiger partial charge >= 0.3 is 12.4 Å². The van der Waals surface area contributed by atoms with E-state index in [-0.39, 0.29) is 17.0 Å². The first-order valence-electron chi connectivity index (χ1n) is 15.5. The van der Waals surface area contributed by atoms with Gasteiger partial charge in [0.25, 0.3) is 0 Å². The number of alkyl halides is 6. The Morgan fingerprint density at radius 3 is 1.98 bits per heavy atom. The highest BCUT2D eigenvalue weighted by atomic mass is 32.1. The number of hydrogen-bond donors (Lipinski definition) is 2. The Bertz CT molecular complexity index is 2390. The lowest BCUT2D eigenvalue weighted by Crippen LogP contribution is -2.16. The van der Waals surface area contributed by atoms with Crippen molar-refractivity contribution in [2.45, 2.75) is 38.3 Å². The van der Waals surface area contributed by atoms with Gasteiger partial charge in [-0.2, -0.15) is 36.7 Å². The number of halogens is 6. The van der Waals surface area contributed by atoms with Crippen molar-refractivity contribution >= 4 is 54.7 Å². The van der Waals surface area contributed by atoms with E-state index >= 15 is 0 Å². The molecule has 266 valence electrons. The first-order valence-corrected chi connectivity index (χ1v) is 17.2. The number of aryl methyl sites for hydroxylation is 1. The molecule has 0 fully saturated rings. The molecule has 0 bridgehead atoms. The molecule has 0 aliphatic carbocycles. The lowest BCUT2D eigenvalue weighted by molar-refractivity contribution is -0.139. The van der Waals surface area contributed by atoms with Crippen molar-refractivity contribution < 1.29 is 26.3 Å². The van der Waals surface area contributed by atoms with Crippen LogP contribution in [0.4, 0.5) is 38.0 Å². The third kappa shape index (κ3) is 7.82. The summed E-state index contributed by atoms with van der Waals surface area (Å²) in [6, 6.07) is 15.3. The number of nitrogens with zero attached hydrogens (tertiary/aromatic N) is 7. The van der Waals surface area contributed by atoms with E-state index in [1.54, 1.807) is 48.3 Å². The highest BCUT2D eigenvalue weighted by Gasteiger charge is 2.35. The lowest BCUT2D eigenvalue weighted by atomic mass is 10.0. The molecule has 0 aliphatic rings. The Kier molecular flexibility index (Phi) is 10.1. The predicted octanol–water partition coefficient (Wildman–Crippen LogP) is 10.0. The number of hydrogen-bond acceptors (Lipinski definition) is 10. The molecule has 0 aliphatic heterocycles. The smallest absolute Gasteiger partial charge is 0.362 e. The highest BCUT2D eigenvalue weighted by Crippen LogP contribution is 2.39. The van der Waals surface area contributed by atoms with E-state index in [4.69, 9.17) is 5.26 Å². The Morgan fingerprint density at radius 2 is 1.40 bits per heavy atom. The SMILES string of the molecule is CC(Nc1nc(C#N)nc2ccsc12)c1ccccc1C(F)(F)F.CC(Nc1ncnc2cc(-c3cnn(C)c3)sc12)c1ccccc1C(F)(F)F. The van der Waals surface area contributed by atoms with E-state index < -0.39 is 35.6 Å². The summed E-state index contributed by atoms with van der Waals surface area (Å²) in [5, 5.41) is 21.1. The zero-order chi connectivity index (χ0) is 37.2. The zero-order valence-electron chi connectivity index (χ0n) is 27.5. The molecule has 0 spiro atoms. The van der Waals surface area contributed by atoms with Crippen molar-refractivity contribution in [3.63, 3.8) is 0 Å². The van der Waals surface area contributed by atoms with E-state index in [0.717, 1.165) is 32.8 Å². The molecule has 52 heavy (non-hydrogen) atoms. The summed E-state index contributed by atoms with van der Waals surface area (Å²) in [4.78, 5) is 17.7. The maximum atomic E-state index is 13.3. The first kappa shape index (κ1) is 36.2. The van der Waals surface area contributed by atoms with E-state index in [0.29, 0.717) is 21.9 Å². The summed E-state index contributed by atoms with van der Waals surface area (Å²) in [5.41, 5.74) is 1.22. The largest absolute Gasteiger partial charge is 0.416 e. The third-order valence-electron chi connectivity index (χ3n) is 7.88. The van der Waals surface area contributed by atoms with Crippen LogP contribution in [0.3, 0.4) is 0 Å². The van der Waals surface area contributed by atoms with E-state index in [2.05, 4.69) is 35.7 Å². The molecule has 0 amide bonds. The summed E-state index contributed by atoms with van der Waals surface area (Å²) < 4.78 is 82.7. The van der Waals surface area contributed by atoms with Crippen LogP contribution in [-0.2, 0) is 19.4 Å². The highest BCUT2D eigenvalue weighted by molar-refractivity contribution is 7.22. The van der Waals surface area contributed by atoms with Gasteiger partial charge in [0.05, 0.1) is 49.8 Å². The molecule has 5 heterocycles. The van der Waals surface area contributed by atoms with Crippen LogP contribution < -0.4 is 10.6 Å². The van der Waals surface area contributed by atoms with Gasteiger partial charge in [-0.05, 0) is 54.6 Å². The molecule has 2 aromatic carbocycles. The van der Waals surface area contributed by atoms with Crippen LogP contribution in [0.25, 0.3) is 30.9 Å². The summed E-state index contributed by atoms with van der Waals surface area (Å²) in [6.07, 6.45) is -3.79. The second kappa shape index (κ2) is 14.6. The Balaban J connectivity index is 0.000000181. The fourth-order valence-electron chi connectivity index (χ4n) is 5.49. The molecule has 0 saturated heterocycles. The number of fused-ring (bicyclic) bond motifs is 2. The number of thiophene rings is 2. The van der Waals surface area contributed by atoms with Gasteiger partial charge in [-0.1, -0.05) is 36.4 Å². The Labute approximate surface area is 300 Å². The molecule has 7 aromatic rings. The molecule has 0 radical (unpaired) electrons. The average Bonchev–Trinajstić information content (AvgIpc) is 3.88. The van der Waals surface area contributed by atoms with Gasteiger partial charge in [0.15, 0.2) is 0 Å².